The van der Waals surface area contributed by atoms with Crippen LogP contribution in [-0.2, 0) is 17.8 Å². The summed E-state index contributed by atoms with van der Waals surface area (Å²) in [4.78, 5) is 20.6. The van der Waals surface area contributed by atoms with Crippen molar-refractivity contribution in [2.75, 3.05) is 0 Å². The van der Waals surface area contributed by atoms with Gasteiger partial charge in [0.15, 0.2) is 0 Å². The quantitative estimate of drug-likeness (QED) is 0.519. The number of rotatable bonds is 4. The van der Waals surface area contributed by atoms with E-state index in [9.17, 15) is 14.3 Å². The molecule has 2 aliphatic rings. The molecule has 2 heterocycles. The van der Waals surface area contributed by atoms with Gasteiger partial charge in [0.25, 0.3) is 0 Å². The van der Waals surface area contributed by atoms with Crippen molar-refractivity contribution in [2.24, 2.45) is 10.9 Å². The number of carboxylic acid groups (broad SMARTS) is 1. The van der Waals surface area contributed by atoms with Gasteiger partial charge in [-0.1, -0.05) is 35.9 Å². The molecular formula is C27H20ClFN2O2. The fourth-order valence-corrected chi connectivity index (χ4v) is 4.41. The van der Waals surface area contributed by atoms with E-state index in [-0.39, 0.29) is 5.82 Å². The van der Waals surface area contributed by atoms with Gasteiger partial charge in [-0.05, 0) is 71.1 Å². The molecule has 1 aliphatic heterocycles. The Morgan fingerprint density at radius 2 is 1.91 bits per heavy atom. The number of aromatic nitrogens is 1. The molecule has 0 saturated carbocycles. The Kier molecular flexibility index (Phi) is 5.65. The minimum absolute atomic E-state index is 0.294. The monoisotopic (exact) mass is 458 g/mol. The zero-order valence-electron chi connectivity index (χ0n) is 17.6. The summed E-state index contributed by atoms with van der Waals surface area (Å²) in [6, 6.07) is 14.1. The SMILES string of the molecule is O=C(O)C1C=CC(Cc2cc3c(cn2)CN=C(c2ccc(F)cc2)c2cc(Cl)ccc2-3)=CC1. The summed E-state index contributed by atoms with van der Waals surface area (Å²) in [5.74, 6) is -1.57. The zero-order chi connectivity index (χ0) is 22.9. The van der Waals surface area contributed by atoms with E-state index in [1.165, 1.54) is 12.1 Å². The van der Waals surface area contributed by atoms with Crippen molar-refractivity contribution in [1.29, 1.82) is 0 Å². The van der Waals surface area contributed by atoms with E-state index in [0.717, 1.165) is 44.8 Å². The summed E-state index contributed by atoms with van der Waals surface area (Å²) in [5.41, 5.74) is 7.46. The van der Waals surface area contributed by atoms with Crippen LogP contribution in [0, 0.1) is 11.7 Å². The summed E-state index contributed by atoms with van der Waals surface area (Å²) < 4.78 is 13.5. The predicted molar refractivity (Wildman–Crippen MR) is 127 cm³/mol. The highest BCUT2D eigenvalue weighted by molar-refractivity contribution is 6.31. The molecule has 0 saturated heterocycles. The van der Waals surface area contributed by atoms with Crippen LogP contribution in [0.1, 0.15) is 28.8 Å². The normalized spacial score (nSPS) is 16.8. The molecule has 0 bridgehead atoms. The summed E-state index contributed by atoms with van der Waals surface area (Å²) in [6.07, 6.45) is 8.54. The van der Waals surface area contributed by atoms with Crippen LogP contribution >= 0.6 is 11.6 Å². The standard InChI is InChI=1S/C27H20ClFN2O2/c28-20-7-10-23-24-13-22(11-16-1-3-18(4-2-16)27(32)33)30-14-19(24)15-31-26(25(23)12-20)17-5-8-21(29)9-6-17/h1-3,5-10,12-14,18H,4,11,15H2,(H,32,33). The number of fused-ring (bicyclic) bond motifs is 3. The Hall–Kier alpha value is -3.57. The van der Waals surface area contributed by atoms with Gasteiger partial charge in [-0.25, -0.2) is 4.39 Å². The van der Waals surface area contributed by atoms with Crippen LogP contribution in [0.25, 0.3) is 11.1 Å². The number of allylic oxidation sites excluding steroid dienone is 3. The van der Waals surface area contributed by atoms with E-state index in [4.69, 9.17) is 16.6 Å². The summed E-state index contributed by atoms with van der Waals surface area (Å²) in [5, 5.41) is 9.77. The second-order valence-corrected chi connectivity index (χ2v) is 8.63. The lowest BCUT2D eigenvalue weighted by molar-refractivity contribution is -0.139. The number of aliphatic imine (C=N–C) groups is 1. The van der Waals surface area contributed by atoms with Crippen molar-refractivity contribution in [2.45, 2.75) is 19.4 Å². The maximum atomic E-state index is 13.5. The molecule has 1 atom stereocenters. The number of pyridine rings is 1. The summed E-state index contributed by atoms with van der Waals surface area (Å²) >= 11 is 6.34. The molecule has 4 nitrogen and oxygen atoms in total. The van der Waals surface area contributed by atoms with Gasteiger partial charge in [-0.2, -0.15) is 0 Å². The van der Waals surface area contributed by atoms with Gasteiger partial charge in [0, 0.05) is 34.5 Å². The Labute approximate surface area is 195 Å². The molecule has 164 valence electrons. The van der Waals surface area contributed by atoms with E-state index in [0.29, 0.717) is 24.4 Å². The minimum atomic E-state index is -0.808. The molecule has 0 amide bonds. The third-order valence-corrected chi connectivity index (χ3v) is 6.21. The molecule has 0 fully saturated rings. The van der Waals surface area contributed by atoms with Gasteiger partial charge in [0.05, 0.1) is 18.2 Å². The Bertz CT molecular complexity index is 1340. The molecule has 1 N–H and O–H groups in total. The lowest BCUT2D eigenvalue weighted by Gasteiger charge is -2.15. The minimum Gasteiger partial charge on any atom is -0.481 e. The molecule has 5 rings (SSSR count). The van der Waals surface area contributed by atoms with E-state index in [1.54, 1.807) is 18.2 Å². The van der Waals surface area contributed by atoms with Gasteiger partial charge in [-0.15, -0.1) is 0 Å². The molecule has 3 aromatic rings. The van der Waals surface area contributed by atoms with Gasteiger partial charge >= 0.3 is 5.97 Å². The second-order valence-electron chi connectivity index (χ2n) is 8.19. The van der Waals surface area contributed by atoms with Crippen molar-refractivity contribution >= 4 is 23.3 Å². The van der Waals surface area contributed by atoms with Crippen LogP contribution in [0.4, 0.5) is 4.39 Å². The van der Waals surface area contributed by atoms with E-state index < -0.39 is 11.9 Å². The number of hydrogen-bond donors (Lipinski definition) is 1. The first-order valence-electron chi connectivity index (χ1n) is 10.7. The number of halogens is 2. The van der Waals surface area contributed by atoms with Crippen LogP contribution < -0.4 is 0 Å². The van der Waals surface area contributed by atoms with Crippen LogP contribution in [0.3, 0.4) is 0 Å². The third-order valence-electron chi connectivity index (χ3n) is 5.97. The molecular weight excluding hydrogens is 439 g/mol. The average molecular weight is 459 g/mol. The fraction of sp³-hybridized carbons (Fsp3) is 0.148. The van der Waals surface area contributed by atoms with Crippen molar-refractivity contribution in [1.82, 2.24) is 4.98 Å². The van der Waals surface area contributed by atoms with Crippen molar-refractivity contribution in [3.8, 4) is 11.1 Å². The zero-order valence-corrected chi connectivity index (χ0v) is 18.4. The molecule has 0 spiro atoms. The molecule has 1 aliphatic carbocycles. The maximum absolute atomic E-state index is 13.5. The summed E-state index contributed by atoms with van der Waals surface area (Å²) in [6.45, 7) is 0.449. The number of carbonyl (C=O) groups is 1. The van der Waals surface area contributed by atoms with Gasteiger partial charge < -0.3 is 5.11 Å². The molecule has 33 heavy (non-hydrogen) atoms. The third kappa shape index (κ3) is 4.37. The van der Waals surface area contributed by atoms with E-state index in [1.807, 2.05) is 36.5 Å². The highest BCUT2D eigenvalue weighted by Gasteiger charge is 2.21. The Morgan fingerprint density at radius 3 is 2.64 bits per heavy atom. The largest absolute Gasteiger partial charge is 0.481 e. The number of hydrogen-bond acceptors (Lipinski definition) is 3. The van der Waals surface area contributed by atoms with Gasteiger partial charge in [-0.3, -0.25) is 14.8 Å². The number of nitrogens with zero attached hydrogens (tertiary/aromatic N) is 2. The fourth-order valence-electron chi connectivity index (χ4n) is 4.24. The van der Waals surface area contributed by atoms with Crippen LogP contribution in [0.2, 0.25) is 5.02 Å². The van der Waals surface area contributed by atoms with Crippen molar-refractivity contribution in [3.05, 3.63) is 112 Å². The van der Waals surface area contributed by atoms with Crippen molar-refractivity contribution < 1.29 is 14.3 Å². The first-order valence-corrected chi connectivity index (χ1v) is 11.0. The highest BCUT2D eigenvalue weighted by Crippen LogP contribution is 2.35. The van der Waals surface area contributed by atoms with E-state index in [2.05, 4.69) is 11.1 Å². The van der Waals surface area contributed by atoms with Crippen LogP contribution in [0.15, 0.2) is 83.5 Å². The Morgan fingerprint density at radius 1 is 1.09 bits per heavy atom. The van der Waals surface area contributed by atoms with Crippen LogP contribution in [-0.4, -0.2) is 21.8 Å². The van der Waals surface area contributed by atoms with Gasteiger partial charge in [0.2, 0.25) is 0 Å². The molecule has 1 aromatic heterocycles. The average Bonchev–Trinajstić information content (AvgIpc) is 2.96. The lowest BCUT2D eigenvalue weighted by atomic mass is 9.91. The van der Waals surface area contributed by atoms with Crippen LogP contribution in [0.5, 0.6) is 0 Å². The first-order chi connectivity index (χ1) is 16.0. The molecule has 1 unspecified atom stereocenters. The summed E-state index contributed by atoms with van der Waals surface area (Å²) in [7, 11) is 0. The molecule has 2 aromatic carbocycles. The first kappa shape index (κ1) is 21.3. The lowest BCUT2D eigenvalue weighted by Crippen LogP contribution is -2.12. The number of benzene rings is 2. The van der Waals surface area contributed by atoms with Gasteiger partial charge in [0.1, 0.15) is 5.82 Å². The molecule has 0 radical (unpaired) electrons. The second kappa shape index (κ2) is 8.75. The number of aliphatic carboxylic acids is 1. The van der Waals surface area contributed by atoms with Crippen molar-refractivity contribution in [3.63, 3.8) is 0 Å². The Balaban J connectivity index is 1.52. The predicted octanol–water partition coefficient (Wildman–Crippen LogP) is 6.02. The highest BCUT2D eigenvalue weighted by atomic mass is 35.5. The maximum Gasteiger partial charge on any atom is 0.310 e. The smallest absolute Gasteiger partial charge is 0.310 e. The number of carboxylic acids is 1. The topological polar surface area (TPSA) is 62.5 Å². The molecule has 6 heteroatoms. The van der Waals surface area contributed by atoms with E-state index >= 15 is 0 Å².